The number of hydrogen-bond donors (Lipinski definition) is 2. The van der Waals surface area contributed by atoms with E-state index < -0.39 is 0 Å². The van der Waals surface area contributed by atoms with E-state index in [2.05, 4.69) is 25.1 Å². The van der Waals surface area contributed by atoms with Crippen LogP contribution in [0.5, 0.6) is 0 Å². The van der Waals surface area contributed by atoms with Crippen LogP contribution in [0.25, 0.3) is 0 Å². The van der Waals surface area contributed by atoms with E-state index in [1.165, 1.54) is 0 Å². The number of aryl methyl sites for hydroxylation is 2. The number of aromatic nitrogens is 4. The summed E-state index contributed by atoms with van der Waals surface area (Å²) in [5.41, 5.74) is 3.71. The van der Waals surface area contributed by atoms with Gasteiger partial charge in [0.15, 0.2) is 0 Å². The molecule has 0 aromatic carbocycles. The maximum Gasteiger partial charge on any atom is 0.225 e. The smallest absolute Gasteiger partial charge is 0.225 e. The van der Waals surface area contributed by atoms with Crippen molar-refractivity contribution in [3.05, 3.63) is 34.9 Å². The molecule has 3 rings (SSSR count). The molecular formula is C15H21N5O2. The molecule has 22 heavy (non-hydrogen) atoms. The lowest BCUT2D eigenvalue weighted by molar-refractivity contribution is 0.0364. The number of morpholine rings is 1. The van der Waals surface area contributed by atoms with Crippen molar-refractivity contribution in [3.63, 3.8) is 0 Å². The summed E-state index contributed by atoms with van der Waals surface area (Å²) in [6, 6.07) is 3.92. The van der Waals surface area contributed by atoms with Gasteiger partial charge in [-0.3, -0.25) is 5.10 Å². The van der Waals surface area contributed by atoms with Gasteiger partial charge in [0, 0.05) is 36.7 Å². The molecule has 0 saturated carbocycles. The number of aliphatic hydroxyl groups excluding tert-OH is 1. The van der Waals surface area contributed by atoms with Crippen LogP contribution in [0.4, 0.5) is 5.95 Å². The van der Waals surface area contributed by atoms with Gasteiger partial charge in [0.1, 0.15) is 6.10 Å². The van der Waals surface area contributed by atoms with Crippen molar-refractivity contribution in [1.82, 2.24) is 20.2 Å². The molecular weight excluding hydrogens is 282 g/mol. The van der Waals surface area contributed by atoms with Crippen molar-refractivity contribution in [1.29, 1.82) is 0 Å². The van der Waals surface area contributed by atoms with E-state index in [0.29, 0.717) is 19.6 Å². The van der Waals surface area contributed by atoms with Crippen molar-refractivity contribution in [2.24, 2.45) is 0 Å². The van der Waals surface area contributed by atoms with Crippen molar-refractivity contribution >= 4 is 5.95 Å². The lowest BCUT2D eigenvalue weighted by Gasteiger charge is -2.32. The zero-order valence-corrected chi connectivity index (χ0v) is 12.9. The summed E-state index contributed by atoms with van der Waals surface area (Å²) in [4.78, 5) is 11.2. The van der Waals surface area contributed by atoms with Gasteiger partial charge in [-0.25, -0.2) is 9.97 Å². The van der Waals surface area contributed by atoms with E-state index in [1.54, 1.807) is 0 Å². The second-order valence-corrected chi connectivity index (χ2v) is 5.55. The van der Waals surface area contributed by atoms with Crippen LogP contribution in [0.2, 0.25) is 0 Å². The average molecular weight is 303 g/mol. The third-order valence-electron chi connectivity index (χ3n) is 3.68. The molecule has 2 N–H and O–H groups in total. The number of nitrogens with zero attached hydrogens (tertiary/aromatic N) is 4. The quantitative estimate of drug-likeness (QED) is 0.874. The standard InChI is InChI=1S/C15H21N5O2/c1-10-7-11(2)17-15(16-10)20-4-6-22-14(9-20)13-8-12(3-5-21)18-19-13/h7-8,14,21H,3-6,9H2,1-2H3,(H,18,19). The zero-order valence-electron chi connectivity index (χ0n) is 12.9. The highest BCUT2D eigenvalue weighted by Gasteiger charge is 2.25. The molecule has 1 aliphatic rings. The summed E-state index contributed by atoms with van der Waals surface area (Å²) >= 11 is 0. The van der Waals surface area contributed by atoms with E-state index >= 15 is 0 Å². The second-order valence-electron chi connectivity index (χ2n) is 5.55. The maximum atomic E-state index is 8.98. The molecule has 0 amide bonds. The van der Waals surface area contributed by atoms with Crippen LogP contribution in [0.1, 0.15) is 28.9 Å². The van der Waals surface area contributed by atoms with Crippen LogP contribution in [-0.4, -0.2) is 51.6 Å². The summed E-state index contributed by atoms with van der Waals surface area (Å²) < 4.78 is 5.83. The first-order valence-electron chi connectivity index (χ1n) is 7.49. The van der Waals surface area contributed by atoms with Gasteiger partial charge in [0.2, 0.25) is 5.95 Å². The molecule has 2 aromatic rings. The fourth-order valence-corrected chi connectivity index (χ4v) is 2.65. The summed E-state index contributed by atoms with van der Waals surface area (Å²) in [7, 11) is 0. The molecule has 0 radical (unpaired) electrons. The van der Waals surface area contributed by atoms with Crippen LogP contribution in [0, 0.1) is 13.8 Å². The van der Waals surface area contributed by atoms with Crippen LogP contribution in [0.15, 0.2) is 12.1 Å². The van der Waals surface area contributed by atoms with E-state index in [-0.39, 0.29) is 12.7 Å². The van der Waals surface area contributed by atoms with Crippen LogP contribution < -0.4 is 4.90 Å². The van der Waals surface area contributed by atoms with Crippen LogP contribution in [0.3, 0.4) is 0 Å². The lowest BCUT2D eigenvalue weighted by Crippen LogP contribution is -2.39. The van der Waals surface area contributed by atoms with Gasteiger partial charge in [-0.15, -0.1) is 0 Å². The lowest BCUT2D eigenvalue weighted by atomic mass is 10.2. The molecule has 7 nitrogen and oxygen atoms in total. The first-order chi connectivity index (χ1) is 10.7. The molecule has 7 heteroatoms. The number of anilines is 1. The maximum absolute atomic E-state index is 8.98. The molecule has 1 saturated heterocycles. The number of rotatable bonds is 4. The Morgan fingerprint density at radius 1 is 1.32 bits per heavy atom. The number of H-pyrrole nitrogens is 1. The molecule has 0 aliphatic carbocycles. The number of hydrogen-bond acceptors (Lipinski definition) is 6. The Kier molecular flexibility index (Phi) is 4.35. The van der Waals surface area contributed by atoms with E-state index in [0.717, 1.165) is 35.3 Å². The topological polar surface area (TPSA) is 87.2 Å². The largest absolute Gasteiger partial charge is 0.396 e. The first kappa shape index (κ1) is 14.9. The summed E-state index contributed by atoms with van der Waals surface area (Å²) in [6.07, 6.45) is 0.464. The van der Waals surface area contributed by atoms with Crippen molar-refractivity contribution in [3.8, 4) is 0 Å². The molecule has 0 spiro atoms. The van der Waals surface area contributed by atoms with Gasteiger partial charge >= 0.3 is 0 Å². The third kappa shape index (κ3) is 3.26. The normalized spacial score (nSPS) is 18.7. The Labute approximate surface area is 129 Å². The average Bonchev–Trinajstić information content (AvgIpc) is 2.95. The minimum absolute atomic E-state index is 0.107. The number of aromatic amines is 1. The zero-order chi connectivity index (χ0) is 15.5. The second kappa shape index (κ2) is 6.41. The number of ether oxygens (including phenoxy) is 1. The molecule has 1 unspecified atom stereocenters. The highest BCUT2D eigenvalue weighted by Crippen LogP contribution is 2.24. The predicted octanol–water partition coefficient (Wildman–Crippen LogP) is 0.929. The molecule has 2 aromatic heterocycles. The molecule has 1 atom stereocenters. The monoisotopic (exact) mass is 303 g/mol. The van der Waals surface area contributed by atoms with E-state index in [4.69, 9.17) is 9.84 Å². The fraction of sp³-hybridized carbons (Fsp3) is 0.533. The fourth-order valence-electron chi connectivity index (χ4n) is 2.65. The molecule has 0 bridgehead atoms. The SMILES string of the molecule is Cc1cc(C)nc(N2CCOC(c3cc(CCO)[nH]n3)C2)n1. The van der Waals surface area contributed by atoms with E-state index in [9.17, 15) is 0 Å². The van der Waals surface area contributed by atoms with Crippen molar-refractivity contribution in [2.45, 2.75) is 26.4 Å². The van der Waals surface area contributed by atoms with Gasteiger partial charge in [0.25, 0.3) is 0 Å². The summed E-state index contributed by atoms with van der Waals surface area (Å²) in [5, 5.41) is 16.2. The molecule has 118 valence electrons. The van der Waals surface area contributed by atoms with E-state index in [1.807, 2.05) is 26.0 Å². The Morgan fingerprint density at radius 2 is 2.09 bits per heavy atom. The number of nitrogens with one attached hydrogen (secondary N) is 1. The highest BCUT2D eigenvalue weighted by molar-refractivity contribution is 5.33. The van der Waals surface area contributed by atoms with Crippen LogP contribution >= 0.6 is 0 Å². The Morgan fingerprint density at radius 3 is 2.82 bits per heavy atom. The predicted molar refractivity (Wildman–Crippen MR) is 81.8 cm³/mol. The summed E-state index contributed by atoms with van der Waals surface area (Å²) in [6.45, 7) is 6.12. The molecule has 3 heterocycles. The Balaban J connectivity index is 1.75. The molecule has 1 fully saturated rings. The van der Waals surface area contributed by atoms with Gasteiger partial charge in [-0.05, 0) is 26.0 Å². The van der Waals surface area contributed by atoms with Gasteiger partial charge in [-0.1, -0.05) is 0 Å². The first-order valence-corrected chi connectivity index (χ1v) is 7.49. The van der Waals surface area contributed by atoms with Crippen LogP contribution in [-0.2, 0) is 11.2 Å². The number of aliphatic hydroxyl groups is 1. The highest BCUT2D eigenvalue weighted by atomic mass is 16.5. The Bertz CT molecular complexity index is 622. The minimum Gasteiger partial charge on any atom is -0.396 e. The van der Waals surface area contributed by atoms with Gasteiger partial charge in [-0.2, -0.15) is 5.10 Å². The van der Waals surface area contributed by atoms with Gasteiger partial charge in [0.05, 0.1) is 18.8 Å². The summed E-state index contributed by atoms with van der Waals surface area (Å²) in [5.74, 6) is 0.747. The van der Waals surface area contributed by atoms with Crippen molar-refractivity contribution in [2.75, 3.05) is 31.2 Å². The molecule has 1 aliphatic heterocycles. The Hall–Kier alpha value is -1.99. The van der Waals surface area contributed by atoms with Crippen molar-refractivity contribution < 1.29 is 9.84 Å². The third-order valence-corrected chi connectivity index (χ3v) is 3.68. The van der Waals surface area contributed by atoms with Gasteiger partial charge < -0.3 is 14.7 Å². The minimum atomic E-state index is -0.109.